The molecule has 1 amide bonds. The zero-order chi connectivity index (χ0) is 13.2. The number of hydrogen-bond acceptors (Lipinski definition) is 1. The maximum Gasteiger partial charge on any atom is 0.226 e. The van der Waals surface area contributed by atoms with Gasteiger partial charge in [-0.25, -0.2) is 0 Å². The molecule has 0 aromatic rings. The summed E-state index contributed by atoms with van der Waals surface area (Å²) in [5.74, 6) is 0.844. The number of hydrogen-bond donors (Lipinski definition) is 0. The van der Waals surface area contributed by atoms with Gasteiger partial charge in [0.1, 0.15) is 0 Å². The van der Waals surface area contributed by atoms with Crippen molar-refractivity contribution in [1.29, 1.82) is 0 Å². The number of rotatable bonds is 2. The highest BCUT2D eigenvalue weighted by atomic mass is 16.2. The molecule has 0 saturated heterocycles. The maximum atomic E-state index is 12.5. The van der Waals surface area contributed by atoms with Crippen LogP contribution in [0.2, 0.25) is 0 Å². The van der Waals surface area contributed by atoms with Crippen LogP contribution in [-0.4, -0.2) is 23.4 Å². The summed E-state index contributed by atoms with van der Waals surface area (Å²) in [7, 11) is 1.92. The van der Waals surface area contributed by atoms with Crippen molar-refractivity contribution in [2.24, 2.45) is 11.8 Å². The maximum absolute atomic E-state index is 12.5. The van der Waals surface area contributed by atoms with E-state index >= 15 is 0 Å². The van der Waals surface area contributed by atoms with Crippen LogP contribution >= 0.6 is 0 Å². The van der Waals surface area contributed by atoms with Gasteiger partial charge in [0.2, 0.25) is 5.91 Å². The number of nitrogens with zero attached hydrogens (tertiary/aromatic N) is 1. The molecule has 1 rings (SSSR count). The molecule has 0 bridgehead atoms. The van der Waals surface area contributed by atoms with Crippen LogP contribution in [0.4, 0.5) is 0 Å². The fourth-order valence-corrected chi connectivity index (χ4v) is 2.60. The van der Waals surface area contributed by atoms with E-state index in [0.29, 0.717) is 11.8 Å². The molecule has 0 heterocycles. The van der Waals surface area contributed by atoms with E-state index in [2.05, 4.69) is 34.3 Å². The minimum absolute atomic E-state index is 0.0891. The smallest absolute Gasteiger partial charge is 0.226 e. The fraction of sp³-hybridized carbons (Fsp3) is 0.800. The van der Waals surface area contributed by atoms with E-state index in [1.807, 2.05) is 11.9 Å². The number of amides is 1. The topological polar surface area (TPSA) is 20.3 Å². The van der Waals surface area contributed by atoms with E-state index < -0.39 is 0 Å². The Bertz CT molecular complexity index is 301. The van der Waals surface area contributed by atoms with Crippen molar-refractivity contribution >= 4 is 5.91 Å². The summed E-state index contributed by atoms with van der Waals surface area (Å²) in [6, 6.07) is 0. The Kier molecular flexibility index (Phi) is 4.40. The quantitative estimate of drug-likeness (QED) is 0.672. The molecule has 98 valence electrons. The second-order valence-electron chi connectivity index (χ2n) is 6.41. The van der Waals surface area contributed by atoms with Gasteiger partial charge in [0.05, 0.1) is 0 Å². The van der Waals surface area contributed by atoms with E-state index in [4.69, 9.17) is 0 Å². The van der Waals surface area contributed by atoms with Crippen LogP contribution < -0.4 is 0 Å². The predicted molar refractivity (Wildman–Crippen MR) is 72.8 cm³/mol. The van der Waals surface area contributed by atoms with Crippen molar-refractivity contribution in [1.82, 2.24) is 4.90 Å². The van der Waals surface area contributed by atoms with Gasteiger partial charge < -0.3 is 4.90 Å². The number of carbonyl (C=O) groups excluding carboxylic acids is 1. The summed E-state index contributed by atoms with van der Waals surface area (Å²) < 4.78 is 0. The molecule has 0 spiro atoms. The largest absolute Gasteiger partial charge is 0.341 e. The normalized spacial score (nSPS) is 25.5. The lowest BCUT2D eigenvalue weighted by molar-refractivity contribution is -0.141. The molecule has 0 aromatic carbocycles. The molecule has 0 N–H and O–H groups in total. The summed E-state index contributed by atoms with van der Waals surface area (Å²) in [4.78, 5) is 14.4. The molecule has 1 unspecified atom stereocenters. The average molecular weight is 237 g/mol. The van der Waals surface area contributed by atoms with Crippen molar-refractivity contribution in [3.63, 3.8) is 0 Å². The second-order valence-corrected chi connectivity index (χ2v) is 6.41. The van der Waals surface area contributed by atoms with Gasteiger partial charge in [-0.3, -0.25) is 4.79 Å². The Morgan fingerprint density at radius 1 is 1.18 bits per heavy atom. The highest BCUT2D eigenvalue weighted by Crippen LogP contribution is 2.36. The first-order valence-corrected chi connectivity index (χ1v) is 6.68. The summed E-state index contributed by atoms with van der Waals surface area (Å²) in [6.07, 6.45) is 4.57. The number of carbonyl (C=O) groups is 1. The standard InChI is InChI=1S/C15H27NO/c1-11(2)12-9-7-8-10-13(12)14(17)16(6)15(3,4)5/h12-13H,1,7-10H2,2-6H3/t12?,13-/m0/s1. The first kappa shape index (κ1) is 14.3. The third-order valence-electron chi connectivity index (χ3n) is 4.05. The van der Waals surface area contributed by atoms with Crippen LogP contribution in [0.5, 0.6) is 0 Å². The molecule has 0 radical (unpaired) electrons. The van der Waals surface area contributed by atoms with Crippen molar-refractivity contribution in [2.75, 3.05) is 7.05 Å². The Balaban J connectivity index is 2.82. The van der Waals surface area contributed by atoms with Crippen molar-refractivity contribution in [2.45, 2.75) is 58.9 Å². The summed E-state index contributed by atoms with van der Waals surface area (Å²) in [5, 5.41) is 0. The summed E-state index contributed by atoms with van der Waals surface area (Å²) in [6.45, 7) is 12.4. The molecule has 0 aromatic heterocycles. The molecule has 1 aliphatic carbocycles. The molecule has 2 heteroatoms. The summed E-state index contributed by atoms with van der Waals surface area (Å²) in [5.41, 5.74) is 1.08. The lowest BCUT2D eigenvalue weighted by atomic mass is 9.75. The third kappa shape index (κ3) is 3.34. The van der Waals surface area contributed by atoms with Gasteiger partial charge in [-0.2, -0.15) is 0 Å². The van der Waals surface area contributed by atoms with E-state index in [1.54, 1.807) is 0 Å². The molecule has 2 nitrogen and oxygen atoms in total. The third-order valence-corrected chi connectivity index (χ3v) is 4.05. The van der Waals surface area contributed by atoms with Crippen molar-refractivity contribution in [3.8, 4) is 0 Å². The van der Waals surface area contributed by atoms with Gasteiger partial charge in [-0.1, -0.05) is 25.0 Å². The van der Waals surface area contributed by atoms with Gasteiger partial charge in [0.15, 0.2) is 0 Å². The zero-order valence-corrected chi connectivity index (χ0v) is 12.0. The minimum Gasteiger partial charge on any atom is -0.341 e. The van der Waals surface area contributed by atoms with Gasteiger partial charge >= 0.3 is 0 Å². The van der Waals surface area contributed by atoms with Gasteiger partial charge in [-0.15, -0.1) is 0 Å². The van der Waals surface area contributed by atoms with Crippen LogP contribution in [0.15, 0.2) is 12.2 Å². The average Bonchev–Trinajstić information content (AvgIpc) is 2.25. The van der Waals surface area contributed by atoms with E-state index in [-0.39, 0.29) is 11.5 Å². The Labute approximate surface area is 106 Å². The number of allylic oxidation sites excluding steroid dienone is 1. The van der Waals surface area contributed by atoms with E-state index in [1.165, 1.54) is 18.4 Å². The lowest BCUT2D eigenvalue weighted by Gasteiger charge is -2.39. The van der Waals surface area contributed by atoms with Gasteiger partial charge in [0, 0.05) is 18.5 Å². The molecule has 17 heavy (non-hydrogen) atoms. The van der Waals surface area contributed by atoms with Crippen LogP contribution in [0.1, 0.15) is 53.4 Å². The van der Waals surface area contributed by atoms with E-state index in [0.717, 1.165) is 12.8 Å². The SMILES string of the molecule is C=C(C)C1CCCC[C@@H]1C(=O)N(C)C(C)(C)C. The monoisotopic (exact) mass is 237 g/mol. The second kappa shape index (κ2) is 5.24. The molecule has 1 fully saturated rings. The fourth-order valence-electron chi connectivity index (χ4n) is 2.60. The molecule has 1 saturated carbocycles. The highest BCUT2D eigenvalue weighted by molar-refractivity contribution is 5.80. The predicted octanol–water partition coefficient (Wildman–Crippen LogP) is 3.63. The summed E-state index contributed by atoms with van der Waals surface area (Å²) >= 11 is 0. The zero-order valence-electron chi connectivity index (χ0n) is 12.0. The van der Waals surface area contributed by atoms with Crippen molar-refractivity contribution in [3.05, 3.63) is 12.2 Å². The lowest BCUT2D eigenvalue weighted by Crippen LogP contribution is -2.47. The van der Waals surface area contributed by atoms with Crippen LogP contribution in [0, 0.1) is 11.8 Å². The first-order chi connectivity index (χ1) is 7.75. The Hall–Kier alpha value is -0.790. The molecular weight excluding hydrogens is 210 g/mol. The molecule has 1 aliphatic rings. The Morgan fingerprint density at radius 3 is 2.06 bits per heavy atom. The molecule has 2 atom stereocenters. The van der Waals surface area contributed by atoms with Crippen LogP contribution in [0.25, 0.3) is 0 Å². The Morgan fingerprint density at radius 2 is 1.65 bits per heavy atom. The van der Waals surface area contributed by atoms with Crippen LogP contribution in [0.3, 0.4) is 0 Å². The van der Waals surface area contributed by atoms with E-state index in [9.17, 15) is 4.79 Å². The van der Waals surface area contributed by atoms with Gasteiger partial charge in [0.25, 0.3) is 0 Å². The van der Waals surface area contributed by atoms with Crippen LogP contribution in [-0.2, 0) is 4.79 Å². The molecule has 0 aliphatic heterocycles. The van der Waals surface area contributed by atoms with Crippen molar-refractivity contribution < 1.29 is 4.79 Å². The minimum atomic E-state index is -0.0891. The highest BCUT2D eigenvalue weighted by Gasteiger charge is 2.35. The first-order valence-electron chi connectivity index (χ1n) is 6.68. The van der Waals surface area contributed by atoms with Gasteiger partial charge in [-0.05, 0) is 46.5 Å². The molecular formula is C15H27NO.